The van der Waals surface area contributed by atoms with Gasteiger partial charge in [0, 0.05) is 69.3 Å². The van der Waals surface area contributed by atoms with E-state index in [4.69, 9.17) is 9.47 Å². The molecule has 0 atom stereocenters. The quantitative estimate of drug-likeness (QED) is 0.396. The molecule has 4 heterocycles. The van der Waals surface area contributed by atoms with Gasteiger partial charge in [0.2, 0.25) is 5.88 Å². The Labute approximate surface area is 230 Å². The lowest BCUT2D eigenvalue weighted by Gasteiger charge is -2.36. The lowest BCUT2D eigenvalue weighted by atomic mass is 10.1. The summed E-state index contributed by atoms with van der Waals surface area (Å²) in [5.41, 5.74) is 5.46. The molecule has 3 aromatic rings. The van der Waals surface area contributed by atoms with E-state index in [1.165, 1.54) is 17.5 Å². The van der Waals surface area contributed by atoms with Crippen LogP contribution >= 0.6 is 11.9 Å². The van der Waals surface area contributed by atoms with Crippen LogP contribution in [0.15, 0.2) is 59.8 Å². The van der Waals surface area contributed by atoms with E-state index in [0.29, 0.717) is 11.9 Å². The third-order valence-electron chi connectivity index (χ3n) is 7.21. The lowest BCUT2D eigenvalue weighted by molar-refractivity contribution is 0.104. The van der Waals surface area contributed by atoms with Gasteiger partial charge in [-0.15, -0.1) is 0 Å². The van der Waals surface area contributed by atoms with Crippen molar-refractivity contribution in [3.05, 3.63) is 60.4 Å². The third kappa shape index (κ3) is 6.77. The van der Waals surface area contributed by atoms with Crippen LogP contribution < -0.4 is 14.4 Å². The maximum Gasteiger partial charge on any atom is 0.229 e. The Morgan fingerprint density at radius 1 is 0.974 bits per heavy atom. The molecule has 0 saturated carbocycles. The van der Waals surface area contributed by atoms with Gasteiger partial charge in [0.25, 0.3) is 0 Å². The second-order valence-electron chi connectivity index (χ2n) is 10.0. The van der Waals surface area contributed by atoms with Crippen molar-refractivity contribution in [2.45, 2.75) is 31.3 Å². The van der Waals surface area contributed by atoms with Crippen molar-refractivity contribution in [3.8, 4) is 17.1 Å². The first-order valence-corrected chi connectivity index (χ1v) is 14.2. The summed E-state index contributed by atoms with van der Waals surface area (Å²) in [6.07, 6.45) is 3.72. The maximum absolute atomic E-state index is 5.52. The minimum Gasteiger partial charge on any atom is -0.480 e. The number of nitrogens with one attached hydrogen (secondary N) is 1. The van der Waals surface area contributed by atoms with E-state index in [0.717, 1.165) is 86.6 Å². The molecule has 0 unspecified atom stereocenters. The molecule has 0 radical (unpaired) electrons. The zero-order valence-electron chi connectivity index (χ0n) is 22.6. The summed E-state index contributed by atoms with van der Waals surface area (Å²) < 4.78 is 14.5. The second-order valence-corrected chi connectivity index (χ2v) is 10.9. The number of piperazine rings is 1. The monoisotopic (exact) mass is 534 g/mol. The molecule has 1 aromatic carbocycles. The van der Waals surface area contributed by atoms with Gasteiger partial charge in [0.15, 0.2) is 0 Å². The molecule has 0 amide bonds. The average Bonchev–Trinajstić information content (AvgIpc) is 2.97. The first kappa shape index (κ1) is 26.7. The van der Waals surface area contributed by atoms with Gasteiger partial charge < -0.3 is 19.1 Å². The minimum absolute atomic E-state index is 0.606. The SMILES string of the molecule is COc1ncc(N2CCOCC2)cc1SNc1ccnc(-c2ccc(CN3CCN(C(C)C)CC3)cc2)c1. The average molecular weight is 535 g/mol. The van der Waals surface area contributed by atoms with Crippen LogP contribution in [0.2, 0.25) is 0 Å². The van der Waals surface area contributed by atoms with Crippen molar-refractivity contribution in [2.75, 3.05) is 69.2 Å². The van der Waals surface area contributed by atoms with Gasteiger partial charge >= 0.3 is 0 Å². The minimum atomic E-state index is 0.606. The van der Waals surface area contributed by atoms with E-state index in [2.05, 4.69) is 79.6 Å². The molecule has 2 aromatic heterocycles. The van der Waals surface area contributed by atoms with Gasteiger partial charge in [-0.1, -0.05) is 24.3 Å². The molecule has 1 N–H and O–H groups in total. The van der Waals surface area contributed by atoms with E-state index in [1.807, 2.05) is 18.5 Å². The molecule has 2 aliphatic rings. The van der Waals surface area contributed by atoms with Crippen molar-refractivity contribution in [1.29, 1.82) is 0 Å². The number of benzene rings is 1. The summed E-state index contributed by atoms with van der Waals surface area (Å²) in [6, 6.07) is 15.6. The van der Waals surface area contributed by atoms with Gasteiger partial charge in [-0.25, -0.2) is 4.98 Å². The fraction of sp³-hybridized carbons (Fsp3) is 0.448. The van der Waals surface area contributed by atoms with Crippen LogP contribution in [-0.4, -0.2) is 85.4 Å². The Morgan fingerprint density at radius 3 is 2.45 bits per heavy atom. The summed E-state index contributed by atoms with van der Waals surface area (Å²) in [7, 11) is 1.65. The molecule has 5 rings (SSSR count). The normalized spacial score (nSPS) is 17.1. The number of nitrogens with zero attached hydrogens (tertiary/aromatic N) is 5. The molecule has 0 spiro atoms. The molecule has 0 aliphatic carbocycles. The van der Waals surface area contributed by atoms with E-state index >= 15 is 0 Å². The van der Waals surface area contributed by atoms with Gasteiger partial charge in [0.1, 0.15) is 0 Å². The number of hydrogen-bond acceptors (Lipinski definition) is 9. The highest BCUT2D eigenvalue weighted by molar-refractivity contribution is 8.00. The Kier molecular flexibility index (Phi) is 9.01. The largest absolute Gasteiger partial charge is 0.480 e. The molecule has 2 fully saturated rings. The van der Waals surface area contributed by atoms with E-state index < -0.39 is 0 Å². The predicted octanol–water partition coefficient (Wildman–Crippen LogP) is 4.63. The molecule has 38 heavy (non-hydrogen) atoms. The summed E-state index contributed by atoms with van der Waals surface area (Å²) in [5, 5.41) is 0. The van der Waals surface area contributed by atoms with Crippen LogP contribution in [0.3, 0.4) is 0 Å². The number of rotatable bonds is 9. The van der Waals surface area contributed by atoms with Crippen LogP contribution in [0.25, 0.3) is 11.3 Å². The first-order valence-electron chi connectivity index (χ1n) is 13.4. The van der Waals surface area contributed by atoms with Crippen molar-refractivity contribution < 1.29 is 9.47 Å². The summed E-state index contributed by atoms with van der Waals surface area (Å²) in [6.45, 7) is 13.3. The number of aromatic nitrogens is 2. The molecular weight excluding hydrogens is 496 g/mol. The molecule has 2 saturated heterocycles. The number of anilines is 2. The number of hydrogen-bond donors (Lipinski definition) is 1. The third-order valence-corrected chi connectivity index (χ3v) is 8.06. The highest BCUT2D eigenvalue weighted by Crippen LogP contribution is 2.33. The fourth-order valence-corrected chi connectivity index (χ4v) is 5.64. The van der Waals surface area contributed by atoms with Crippen LogP contribution in [0, 0.1) is 0 Å². The van der Waals surface area contributed by atoms with E-state index in [1.54, 1.807) is 7.11 Å². The molecular formula is C29H38N6O2S. The highest BCUT2D eigenvalue weighted by atomic mass is 32.2. The number of methoxy groups -OCH3 is 1. The van der Waals surface area contributed by atoms with Crippen LogP contribution in [0.1, 0.15) is 19.4 Å². The first-order chi connectivity index (χ1) is 18.6. The number of pyridine rings is 2. The smallest absolute Gasteiger partial charge is 0.229 e. The zero-order chi connectivity index (χ0) is 26.3. The van der Waals surface area contributed by atoms with Gasteiger partial charge in [-0.3, -0.25) is 14.8 Å². The number of ether oxygens (including phenoxy) is 2. The summed E-state index contributed by atoms with van der Waals surface area (Å²) in [4.78, 5) is 17.5. The molecule has 202 valence electrons. The summed E-state index contributed by atoms with van der Waals surface area (Å²) >= 11 is 1.50. The van der Waals surface area contributed by atoms with Crippen LogP contribution in [-0.2, 0) is 11.3 Å². The van der Waals surface area contributed by atoms with E-state index in [9.17, 15) is 0 Å². The van der Waals surface area contributed by atoms with Crippen molar-refractivity contribution >= 4 is 23.3 Å². The maximum atomic E-state index is 5.52. The Morgan fingerprint density at radius 2 is 1.74 bits per heavy atom. The fourth-order valence-electron chi connectivity index (χ4n) is 4.89. The second kappa shape index (κ2) is 12.8. The topological polar surface area (TPSA) is 66.0 Å². The molecule has 9 heteroatoms. The van der Waals surface area contributed by atoms with Crippen molar-refractivity contribution in [2.24, 2.45) is 0 Å². The number of morpholine rings is 1. The van der Waals surface area contributed by atoms with Gasteiger partial charge in [0.05, 0.1) is 42.8 Å². The van der Waals surface area contributed by atoms with Crippen molar-refractivity contribution in [1.82, 2.24) is 19.8 Å². The van der Waals surface area contributed by atoms with Crippen molar-refractivity contribution in [3.63, 3.8) is 0 Å². The molecule has 0 bridgehead atoms. The Bertz CT molecular complexity index is 1180. The van der Waals surface area contributed by atoms with Gasteiger partial charge in [-0.05, 0) is 49.6 Å². The lowest BCUT2D eigenvalue weighted by Crippen LogP contribution is -2.48. The molecule has 8 nitrogen and oxygen atoms in total. The van der Waals surface area contributed by atoms with E-state index in [-0.39, 0.29) is 0 Å². The Balaban J connectivity index is 1.21. The van der Waals surface area contributed by atoms with Crippen LogP contribution in [0.4, 0.5) is 11.4 Å². The standard InChI is InChI=1S/C29H38N6O2S/c1-22(2)34-12-10-33(11-13-34)21-23-4-6-24(7-5-23)27-18-25(8-9-30-27)32-38-28-19-26(20-31-29(28)36-3)35-14-16-37-17-15-35/h4-9,18-20,22H,10-17,21H2,1-3H3,(H,30,32). The highest BCUT2D eigenvalue weighted by Gasteiger charge is 2.19. The molecule has 2 aliphatic heterocycles. The Hall–Kier alpha value is -2.85. The zero-order valence-corrected chi connectivity index (χ0v) is 23.4. The summed E-state index contributed by atoms with van der Waals surface area (Å²) in [5.74, 6) is 0.606. The predicted molar refractivity (Wildman–Crippen MR) is 155 cm³/mol. The van der Waals surface area contributed by atoms with Gasteiger partial charge in [-0.2, -0.15) is 0 Å². The van der Waals surface area contributed by atoms with Crippen LogP contribution in [0.5, 0.6) is 5.88 Å².